The van der Waals surface area contributed by atoms with Crippen LogP contribution in [0.5, 0.6) is 0 Å². The highest BCUT2D eigenvalue weighted by Gasteiger charge is 2.30. The first-order valence-corrected chi connectivity index (χ1v) is 11.3. The lowest BCUT2D eigenvalue weighted by molar-refractivity contribution is -0.148. The van der Waals surface area contributed by atoms with Crippen molar-refractivity contribution in [1.29, 1.82) is 0 Å². The Labute approximate surface area is 202 Å². The Morgan fingerprint density at radius 2 is 1.40 bits per heavy atom. The van der Waals surface area contributed by atoms with Crippen LogP contribution in [0.3, 0.4) is 0 Å². The molecule has 1 unspecified atom stereocenters. The number of hydrogen-bond donors (Lipinski definition) is 0. The van der Waals surface area contributed by atoms with Gasteiger partial charge in [-0.05, 0) is 11.5 Å². The monoisotopic (exact) mass is 488 g/mol. The number of esters is 1. The Morgan fingerprint density at radius 1 is 0.886 bits per heavy atom. The summed E-state index contributed by atoms with van der Waals surface area (Å²) in [7, 11) is 0. The van der Waals surface area contributed by atoms with Crippen molar-refractivity contribution in [2.75, 3.05) is 0 Å². The van der Waals surface area contributed by atoms with E-state index in [-0.39, 0.29) is 17.8 Å². The van der Waals surface area contributed by atoms with Gasteiger partial charge < -0.3 is 4.74 Å². The standard InChI is InChI=1S/C27H28F4N2O2/c1-15(2)20(17-12-32-26(33-13-17)27(3,4)5)25(34)35-14-19-23(30)21(28)18(22(29)24(19)31)11-16-9-7-6-8-10-16/h6-10,12-13,15,20H,11,14H2,1-5H3. The molecule has 1 atom stereocenters. The quantitative estimate of drug-likeness (QED) is 0.219. The van der Waals surface area contributed by atoms with Gasteiger partial charge in [-0.25, -0.2) is 27.5 Å². The number of ether oxygens (including phenoxy) is 1. The minimum Gasteiger partial charge on any atom is -0.460 e. The van der Waals surface area contributed by atoms with Gasteiger partial charge in [0.05, 0.1) is 11.5 Å². The summed E-state index contributed by atoms with van der Waals surface area (Å²) in [5, 5.41) is 0. The van der Waals surface area contributed by atoms with E-state index in [1.807, 2.05) is 20.8 Å². The average Bonchev–Trinajstić information content (AvgIpc) is 2.81. The summed E-state index contributed by atoms with van der Waals surface area (Å²) >= 11 is 0. The number of aromatic nitrogens is 2. The zero-order valence-corrected chi connectivity index (χ0v) is 20.3. The van der Waals surface area contributed by atoms with E-state index in [1.165, 1.54) is 12.4 Å². The smallest absolute Gasteiger partial charge is 0.314 e. The fraction of sp³-hybridized carbons (Fsp3) is 0.370. The van der Waals surface area contributed by atoms with Gasteiger partial charge in [0.25, 0.3) is 0 Å². The zero-order valence-electron chi connectivity index (χ0n) is 20.3. The number of hydrogen-bond acceptors (Lipinski definition) is 4. The maximum atomic E-state index is 14.7. The number of rotatable bonds is 7. The molecular formula is C27H28F4N2O2. The molecule has 0 saturated carbocycles. The summed E-state index contributed by atoms with van der Waals surface area (Å²) in [6.45, 7) is 8.42. The zero-order chi connectivity index (χ0) is 25.9. The van der Waals surface area contributed by atoms with E-state index in [0.717, 1.165) is 0 Å². The van der Waals surface area contributed by atoms with Gasteiger partial charge in [0, 0.05) is 35.4 Å². The van der Waals surface area contributed by atoms with Gasteiger partial charge in [-0.3, -0.25) is 4.79 Å². The summed E-state index contributed by atoms with van der Waals surface area (Å²) in [4.78, 5) is 21.5. The van der Waals surface area contributed by atoms with Crippen LogP contribution in [-0.4, -0.2) is 15.9 Å². The first-order valence-electron chi connectivity index (χ1n) is 11.3. The topological polar surface area (TPSA) is 52.1 Å². The summed E-state index contributed by atoms with van der Waals surface area (Å²) in [6, 6.07) is 8.20. The minimum absolute atomic E-state index is 0.261. The molecule has 35 heavy (non-hydrogen) atoms. The SMILES string of the molecule is CC(C)C(C(=O)OCc1c(F)c(F)c(Cc2ccccc2)c(F)c1F)c1cnc(C(C)(C)C)nc1. The first-order chi connectivity index (χ1) is 16.4. The van der Waals surface area contributed by atoms with Crippen molar-refractivity contribution in [3.8, 4) is 0 Å². The van der Waals surface area contributed by atoms with Crippen LogP contribution in [0.4, 0.5) is 17.6 Å². The normalized spacial score (nSPS) is 12.6. The molecule has 186 valence electrons. The van der Waals surface area contributed by atoms with Gasteiger partial charge >= 0.3 is 5.97 Å². The lowest BCUT2D eigenvalue weighted by atomic mass is 9.89. The Balaban J connectivity index is 1.82. The van der Waals surface area contributed by atoms with Gasteiger partial charge in [0.15, 0.2) is 23.3 Å². The molecule has 0 spiro atoms. The molecule has 2 aromatic carbocycles. The molecule has 4 nitrogen and oxygen atoms in total. The molecule has 0 radical (unpaired) electrons. The third kappa shape index (κ3) is 5.86. The highest BCUT2D eigenvalue weighted by molar-refractivity contribution is 5.78. The average molecular weight is 489 g/mol. The van der Waals surface area contributed by atoms with Gasteiger partial charge in [-0.2, -0.15) is 0 Å². The number of carbonyl (C=O) groups excluding carboxylic acids is 1. The van der Waals surface area contributed by atoms with Crippen molar-refractivity contribution >= 4 is 5.97 Å². The molecule has 0 amide bonds. The third-order valence-corrected chi connectivity index (χ3v) is 5.65. The van der Waals surface area contributed by atoms with E-state index in [2.05, 4.69) is 9.97 Å². The van der Waals surface area contributed by atoms with Gasteiger partial charge in [-0.15, -0.1) is 0 Å². The predicted molar refractivity (Wildman–Crippen MR) is 124 cm³/mol. The highest BCUT2D eigenvalue weighted by atomic mass is 19.2. The Hall–Kier alpha value is -3.29. The summed E-state index contributed by atoms with van der Waals surface area (Å²) in [5.41, 5.74) is -1.04. The molecule has 0 bridgehead atoms. The molecule has 0 aliphatic carbocycles. The highest BCUT2D eigenvalue weighted by Crippen LogP contribution is 2.30. The molecule has 0 fully saturated rings. The second-order valence-electron chi connectivity index (χ2n) is 9.79. The summed E-state index contributed by atoms with van der Waals surface area (Å²) in [5.74, 6) is -7.49. The van der Waals surface area contributed by atoms with Crippen LogP contribution in [0.25, 0.3) is 0 Å². The molecule has 8 heteroatoms. The van der Waals surface area contributed by atoms with Crippen molar-refractivity contribution in [3.63, 3.8) is 0 Å². The van der Waals surface area contributed by atoms with Crippen molar-refractivity contribution in [2.45, 2.75) is 59.0 Å². The molecule has 0 saturated heterocycles. The molecule has 3 rings (SSSR count). The maximum absolute atomic E-state index is 14.7. The van der Waals surface area contributed by atoms with Crippen LogP contribution in [0.15, 0.2) is 42.7 Å². The van der Waals surface area contributed by atoms with E-state index in [9.17, 15) is 22.4 Å². The van der Waals surface area contributed by atoms with Gasteiger partial charge in [0.2, 0.25) is 0 Å². The summed E-state index contributed by atoms with van der Waals surface area (Å²) in [6.07, 6.45) is 2.70. The van der Waals surface area contributed by atoms with Crippen molar-refractivity contribution in [2.24, 2.45) is 5.92 Å². The minimum atomic E-state index is -1.58. The predicted octanol–water partition coefficient (Wildman–Crippen LogP) is 6.40. The second kappa shape index (κ2) is 10.5. The Bertz CT molecular complexity index is 1160. The van der Waals surface area contributed by atoms with E-state index < -0.39 is 52.9 Å². The number of nitrogens with zero attached hydrogens (tertiary/aromatic N) is 2. The first kappa shape index (κ1) is 26.3. The Kier molecular flexibility index (Phi) is 7.93. The van der Waals surface area contributed by atoms with Gasteiger partial charge in [0.1, 0.15) is 12.4 Å². The fourth-order valence-electron chi connectivity index (χ4n) is 3.72. The molecular weight excluding hydrogens is 460 g/mol. The molecule has 3 aromatic rings. The van der Waals surface area contributed by atoms with Crippen molar-refractivity contribution in [3.05, 3.63) is 94.1 Å². The fourth-order valence-corrected chi connectivity index (χ4v) is 3.72. The van der Waals surface area contributed by atoms with Crippen molar-refractivity contribution in [1.82, 2.24) is 9.97 Å². The Morgan fingerprint density at radius 3 is 1.89 bits per heavy atom. The number of halogens is 4. The van der Waals surface area contributed by atoms with Gasteiger partial charge in [-0.1, -0.05) is 65.0 Å². The van der Waals surface area contributed by atoms with Crippen LogP contribution in [0.2, 0.25) is 0 Å². The largest absolute Gasteiger partial charge is 0.460 e. The van der Waals surface area contributed by atoms with Crippen LogP contribution in [-0.2, 0) is 28.0 Å². The summed E-state index contributed by atoms with van der Waals surface area (Å²) < 4.78 is 63.8. The molecule has 0 aliphatic heterocycles. The van der Waals surface area contributed by atoms with E-state index in [0.29, 0.717) is 17.0 Å². The van der Waals surface area contributed by atoms with Crippen LogP contribution < -0.4 is 0 Å². The van der Waals surface area contributed by atoms with E-state index in [4.69, 9.17) is 4.74 Å². The van der Waals surface area contributed by atoms with Crippen LogP contribution in [0.1, 0.15) is 68.6 Å². The molecule has 0 aliphatic rings. The number of benzene rings is 2. The van der Waals surface area contributed by atoms with Crippen molar-refractivity contribution < 1.29 is 27.1 Å². The van der Waals surface area contributed by atoms with E-state index in [1.54, 1.807) is 44.2 Å². The third-order valence-electron chi connectivity index (χ3n) is 5.65. The maximum Gasteiger partial charge on any atom is 0.314 e. The molecule has 0 N–H and O–H groups in total. The lowest BCUT2D eigenvalue weighted by Crippen LogP contribution is -2.23. The van der Waals surface area contributed by atoms with Crippen LogP contribution >= 0.6 is 0 Å². The lowest BCUT2D eigenvalue weighted by Gasteiger charge is -2.21. The molecule has 1 aromatic heterocycles. The number of carbonyl (C=O) groups is 1. The second-order valence-corrected chi connectivity index (χ2v) is 9.79. The van der Waals surface area contributed by atoms with Crippen LogP contribution in [0, 0.1) is 29.2 Å². The molecule has 1 heterocycles. The van der Waals surface area contributed by atoms with E-state index >= 15 is 0 Å².